The van der Waals surface area contributed by atoms with Crippen LogP contribution in [-0.2, 0) is 0 Å². The van der Waals surface area contributed by atoms with E-state index in [-0.39, 0.29) is 22.5 Å². The van der Waals surface area contributed by atoms with Crippen molar-refractivity contribution in [3.05, 3.63) is 77.9 Å². The third-order valence-electron chi connectivity index (χ3n) is 3.30. The molecular weight excluding hydrogens is 338 g/mol. The topological polar surface area (TPSA) is 125 Å². The summed E-state index contributed by atoms with van der Waals surface area (Å²) < 4.78 is 1.20. The second kappa shape index (κ2) is 5.66. The number of fused-ring (bicyclic) bond motifs is 1. The number of non-ortho nitro benzene ring substituents is 2. The fourth-order valence-corrected chi connectivity index (χ4v) is 3.07. The van der Waals surface area contributed by atoms with Crippen LogP contribution in [0.2, 0.25) is 0 Å². The number of aromatic nitrogens is 1. The first-order valence-electron chi connectivity index (χ1n) is 6.47. The Morgan fingerprint density at radius 2 is 1.54 bits per heavy atom. The predicted octanol–water partition coefficient (Wildman–Crippen LogP) is 2.57. The van der Waals surface area contributed by atoms with Crippen molar-refractivity contribution in [2.45, 2.75) is 0 Å². The standard InChI is InChI=1S/C14H7N3O6S/c18-13(8-1-3-9(4-2-8)16(20)21)15-11-6-5-10(17(22)23)7-12(11)24-14(15)19/h1-7H. The molecule has 0 aliphatic carbocycles. The van der Waals surface area contributed by atoms with E-state index in [2.05, 4.69) is 0 Å². The van der Waals surface area contributed by atoms with Crippen LogP contribution in [0.4, 0.5) is 11.4 Å². The van der Waals surface area contributed by atoms with Crippen LogP contribution in [0.1, 0.15) is 10.4 Å². The smallest absolute Gasteiger partial charge is 0.268 e. The second-order valence-electron chi connectivity index (χ2n) is 4.72. The van der Waals surface area contributed by atoms with Crippen molar-refractivity contribution < 1.29 is 14.6 Å². The number of nitro benzene ring substituents is 2. The third kappa shape index (κ3) is 2.54. The predicted molar refractivity (Wildman–Crippen MR) is 85.6 cm³/mol. The van der Waals surface area contributed by atoms with Gasteiger partial charge in [-0.3, -0.25) is 29.8 Å². The Balaban J connectivity index is 2.09. The van der Waals surface area contributed by atoms with E-state index in [1.807, 2.05) is 0 Å². The maximum Gasteiger partial charge on any atom is 0.315 e. The van der Waals surface area contributed by atoms with Gasteiger partial charge in [-0.25, -0.2) is 4.57 Å². The molecule has 2 aromatic carbocycles. The number of hydrogen-bond acceptors (Lipinski definition) is 7. The highest BCUT2D eigenvalue weighted by Crippen LogP contribution is 2.24. The van der Waals surface area contributed by atoms with E-state index in [9.17, 15) is 29.8 Å². The Kier molecular flexibility index (Phi) is 3.66. The largest absolute Gasteiger partial charge is 0.315 e. The maximum absolute atomic E-state index is 12.5. The zero-order valence-corrected chi connectivity index (χ0v) is 12.6. The molecule has 3 rings (SSSR count). The van der Waals surface area contributed by atoms with Gasteiger partial charge in [-0.15, -0.1) is 0 Å². The first kappa shape index (κ1) is 15.5. The normalized spacial score (nSPS) is 10.7. The Morgan fingerprint density at radius 3 is 2.12 bits per heavy atom. The number of carbonyl (C=O) groups is 1. The number of benzene rings is 2. The number of thiazole rings is 1. The molecule has 0 fully saturated rings. The lowest BCUT2D eigenvalue weighted by atomic mass is 10.2. The number of hydrogen-bond donors (Lipinski definition) is 0. The average molecular weight is 345 g/mol. The van der Waals surface area contributed by atoms with Crippen molar-refractivity contribution in [3.8, 4) is 0 Å². The molecule has 0 atom stereocenters. The summed E-state index contributed by atoms with van der Waals surface area (Å²) in [7, 11) is 0. The number of rotatable bonds is 3. The van der Waals surface area contributed by atoms with Gasteiger partial charge in [0, 0.05) is 29.8 Å². The van der Waals surface area contributed by atoms with Gasteiger partial charge in [-0.1, -0.05) is 11.3 Å². The van der Waals surface area contributed by atoms with Crippen molar-refractivity contribution in [1.82, 2.24) is 4.57 Å². The molecule has 0 radical (unpaired) electrons. The zero-order chi connectivity index (χ0) is 17.4. The Labute approximate surface area is 136 Å². The van der Waals surface area contributed by atoms with E-state index in [1.165, 1.54) is 30.3 Å². The van der Waals surface area contributed by atoms with Crippen LogP contribution in [-0.4, -0.2) is 20.3 Å². The van der Waals surface area contributed by atoms with Gasteiger partial charge in [0.1, 0.15) is 0 Å². The fraction of sp³-hybridized carbons (Fsp3) is 0. The molecular formula is C14H7N3O6S. The Morgan fingerprint density at radius 1 is 0.958 bits per heavy atom. The molecule has 1 aromatic heterocycles. The second-order valence-corrected chi connectivity index (χ2v) is 5.71. The van der Waals surface area contributed by atoms with E-state index in [0.717, 1.165) is 16.7 Å². The van der Waals surface area contributed by atoms with E-state index >= 15 is 0 Å². The van der Waals surface area contributed by atoms with Crippen molar-refractivity contribution in [1.29, 1.82) is 0 Å². The zero-order valence-electron chi connectivity index (χ0n) is 11.7. The van der Waals surface area contributed by atoms with Gasteiger partial charge >= 0.3 is 4.87 Å². The van der Waals surface area contributed by atoms with E-state index in [0.29, 0.717) is 16.0 Å². The number of carbonyl (C=O) groups excluding carboxylic acids is 1. The minimum atomic E-state index is -0.657. The molecule has 0 N–H and O–H groups in total. The monoisotopic (exact) mass is 345 g/mol. The summed E-state index contributed by atoms with van der Waals surface area (Å²) in [6.45, 7) is 0. The van der Waals surface area contributed by atoms with Gasteiger partial charge in [0.15, 0.2) is 0 Å². The van der Waals surface area contributed by atoms with Crippen LogP contribution in [0.25, 0.3) is 10.2 Å². The van der Waals surface area contributed by atoms with Gasteiger partial charge in [-0.05, 0) is 18.2 Å². The number of nitrogens with zero attached hydrogens (tertiary/aromatic N) is 3. The molecule has 9 nitrogen and oxygen atoms in total. The average Bonchev–Trinajstić information content (AvgIpc) is 2.89. The van der Waals surface area contributed by atoms with Gasteiger partial charge in [0.2, 0.25) is 0 Å². The summed E-state index contributed by atoms with van der Waals surface area (Å²) in [6.07, 6.45) is 0. The molecule has 0 aliphatic rings. The van der Waals surface area contributed by atoms with Gasteiger partial charge in [0.05, 0.1) is 20.1 Å². The first-order valence-corrected chi connectivity index (χ1v) is 7.29. The molecule has 0 saturated heterocycles. The molecule has 24 heavy (non-hydrogen) atoms. The van der Waals surface area contributed by atoms with E-state index < -0.39 is 20.6 Å². The van der Waals surface area contributed by atoms with Crippen LogP contribution in [0.3, 0.4) is 0 Å². The lowest BCUT2D eigenvalue weighted by molar-refractivity contribution is -0.385. The summed E-state index contributed by atoms with van der Waals surface area (Å²) in [5, 5.41) is 21.4. The summed E-state index contributed by atoms with van der Waals surface area (Å²) in [5.74, 6) is -0.657. The Bertz CT molecular complexity index is 1050. The summed E-state index contributed by atoms with van der Waals surface area (Å²) in [4.78, 5) is 44.2. The Hall–Kier alpha value is -3.40. The van der Waals surface area contributed by atoms with E-state index in [4.69, 9.17) is 0 Å². The van der Waals surface area contributed by atoms with Gasteiger partial charge in [-0.2, -0.15) is 0 Å². The van der Waals surface area contributed by atoms with Crippen LogP contribution in [0.15, 0.2) is 47.3 Å². The molecule has 0 spiro atoms. The molecule has 10 heteroatoms. The summed E-state index contributed by atoms with van der Waals surface area (Å²) in [6, 6.07) is 8.59. The van der Waals surface area contributed by atoms with Crippen molar-refractivity contribution >= 4 is 38.8 Å². The van der Waals surface area contributed by atoms with Crippen molar-refractivity contribution in [2.75, 3.05) is 0 Å². The van der Waals surface area contributed by atoms with E-state index in [1.54, 1.807) is 0 Å². The van der Waals surface area contributed by atoms with Crippen LogP contribution < -0.4 is 4.87 Å². The highest BCUT2D eigenvalue weighted by Gasteiger charge is 2.19. The highest BCUT2D eigenvalue weighted by molar-refractivity contribution is 7.16. The molecule has 0 unspecified atom stereocenters. The molecule has 120 valence electrons. The summed E-state index contributed by atoms with van der Waals surface area (Å²) >= 11 is 0.715. The molecule has 0 bridgehead atoms. The first-order chi connectivity index (χ1) is 11.4. The minimum Gasteiger partial charge on any atom is -0.268 e. The maximum atomic E-state index is 12.5. The van der Waals surface area contributed by atoms with Crippen molar-refractivity contribution in [2.24, 2.45) is 0 Å². The van der Waals surface area contributed by atoms with Crippen LogP contribution >= 0.6 is 11.3 Å². The molecule has 3 aromatic rings. The highest BCUT2D eigenvalue weighted by atomic mass is 32.1. The molecule has 0 saturated carbocycles. The molecule has 0 amide bonds. The van der Waals surface area contributed by atoms with Gasteiger partial charge < -0.3 is 0 Å². The number of nitro groups is 2. The van der Waals surface area contributed by atoms with Crippen LogP contribution in [0.5, 0.6) is 0 Å². The third-order valence-corrected chi connectivity index (χ3v) is 4.21. The van der Waals surface area contributed by atoms with Gasteiger partial charge in [0.25, 0.3) is 17.3 Å². The SMILES string of the molecule is O=C(c1ccc([N+](=O)[O-])cc1)n1c(=O)sc2cc([N+](=O)[O-])ccc21. The lowest BCUT2D eigenvalue weighted by Crippen LogP contribution is -2.22. The quantitative estimate of drug-likeness (QED) is 0.530. The molecule has 1 heterocycles. The fourth-order valence-electron chi connectivity index (χ4n) is 2.17. The summed E-state index contributed by atoms with van der Waals surface area (Å²) in [5.41, 5.74) is -0.0110. The molecule has 0 aliphatic heterocycles. The minimum absolute atomic E-state index is 0.0979. The van der Waals surface area contributed by atoms with Crippen molar-refractivity contribution in [3.63, 3.8) is 0 Å². The van der Waals surface area contributed by atoms with Crippen LogP contribution in [0, 0.1) is 20.2 Å². The lowest BCUT2D eigenvalue weighted by Gasteiger charge is -2.02.